The van der Waals surface area contributed by atoms with Gasteiger partial charge in [-0.1, -0.05) is 6.08 Å². The maximum atomic E-state index is 12.9. The Hall–Kier alpha value is -1.00. The van der Waals surface area contributed by atoms with E-state index in [1.807, 2.05) is 0 Å². The SMILES string of the molecule is C=CCC(OC1=C(F)CCC1)C(F)(F)F. The molecule has 86 valence electrons. The minimum Gasteiger partial charge on any atom is -0.482 e. The summed E-state index contributed by atoms with van der Waals surface area (Å²) in [7, 11) is 0. The molecule has 1 nitrogen and oxygen atoms in total. The highest BCUT2D eigenvalue weighted by molar-refractivity contribution is 5.07. The topological polar surface area (TPSA) is 9.23 Å². The molecule has 0 radical (unpaired) electrons. The van der Waals surface area contributed by atoms with Crippen LogP contribution in [0.4, 0.5) is 17.6 Å². The molecule has 1 atom stereocenters. The van der Waals surface area contributed by atoms with Crippen LogP contribution >= 0.6 is 0 Å². The van der Waals surface area contributed by atoms with Gasteiger partial charge in [-0.25, -0.2) is 4.39 Å². The zero-order valence-electron chi connectivity index (χ0n) is 8.11. The van der Waals surface area contributed by atoms with E-state index in [-0.39, 0.29) is 25.0 Å². The summed E-state index contributed by atoms with van der Waals surface area (Å²) in [6.07, 6.45) is -4.77. The Kier molecular flexibility index (Phi) is 3.77. The van der Waals surface area contributed by atoms with Gasteiger partial charge in [0, 0.05) is 19.3 Å². The van der Waals surface area contributed by atoms with Gasteiger partial charge in [-0.05, 0) is 6.42 Å². The second-order valence-corrected chi connectivity index (χ2v) is 3.35. The zero-order valence-corrected chi connectivity index (χ0v) is 8.11. The standard InChI is InChI=1S/C10H12F4O/c1-2-4-9(10(12,13)14)15-8-6-3-5-7(8)11/h2,9H,1,3-6H2. The maximum absolute atomic E-state index is 12.9. The normalized spacial score (nSPS) is 19.2. The summed E-state index contributed by atoms with van der Waals surface area (Å²) in [6, 6.07) is 0. The third kappa shape index (κ3) is 3.25. The third-order valence-corrected chi connectivity index (χ3v) is 2.13. The summed E-state index contributed by atoms with van der Waals surface area (Å²) in [4.78, 5) is 0. The van der Waals surface area contributed by atoms with Crippen LogP contribution in [0.25, 0.3) is 0 Å². The molecule has 0 saturated carbocycles. The van der Waals surface area contributed by atoms with Crippen LogP contribution in [0.3, 0.4) is 0 Å². The van der Waals surface area contributed by atoms with Crippen molar-refractivity contribution in [1.82, 2.24) is 0 Å². The molecular formula is C10H12F4O. The van der Waals surface area contributed by atoms with Crippen molar-refractivity contribution in [3.63, 3.8) is 0 Å². The largest absolute Gasteiger partial charge is 0.482 e. The molecule has 1 aliphatic rings. The van der Waals surface area contributed by atoms with Crippen molar-refractivity contribution >= 4 is 0 Å². The Morgan fingerprint density at radius 1 is 1.40 bits per heavy atom. The van der Waals surface area contributed by atoms with E-state index in [1.54, 1.807) is 0 Å². The molecule has 0 aromatic heterocycles. The summed E-state index contributed by atoms with van der Waals surface area (Å²) < 4.78 is 54.7. The smallest absolute Gasteiger partial charge is 0.425 e. The molecule has 0 aliphatic heterocycles. The fraction of sp³-hybridized carbons (Fsp3) is 0.600. The van der Waals surface area contributed by atoms with Gasteiger partial charge in [-0.2, -0.15) is 13.2 Å². The van der Waals surface area contributed by atoms with E-state index in [9.17, 15) is 17.6 Å². The maximum Gasteiger partial charge on any atom is 0.425 e. The number of hydrogen-bond donors (Lipinski definition) is 0. The summed E-state index contributed by atoms with van der Waals surface area (Å²) in [5.74, 6) is -0.715. The van der Waals surface area contributed by atoms with Gasteiger partial charge in [-0.15, -0.1) is 6.58 Å². The molecule has 0 N–H and O–H groups in total. The highest BCUT2D eigenvalue weighted by Gasteiger charge is 2.41. The van der Waals surface area contributed by atoms with Crippen LogP contribution in [0.15, 0.2) is 24.2 Å². The molecule has 0 saturated heterocycles. The van der Waals surface area contributed by atoms with Crippen molar-refractivity contribution in [2.75, 3.05) is 0 Å². The Bertz CT molecular complexity index is 267. The molecule has 15 heavy (non-hydrogen) atoms. The predicted octanol–water partition coefficient (Wildman–Crippen LogP) is 3.88. The molecule has 1 unspecified atom stereocenters. The fourth-order valence-electron chi connectivity index (χ4n) is 1.37. The number of ether oxygens (including phenoxy) is 1. The van der Waals surface area contributed by atoms with Gasteiger partial charge in [0.05, 0.1) is 0 Å². The van der Waals surface area contributed by atoms with Crippen LogP contribution in [0.1, 0.15) is 25.7 Å². The summed E-state index contributed by atoms with van der Waals surface area (Å²) in [5.41, 5.74) is 0. The van der Waals surface area contributed by atoms with E-state index >= 15 is 0 Å². The number of halogens is 4. The first-order chi connectivity index (χ1) is 6.95. The van der Waals surface area contributed by atoms with Gasteiger partial charge in [0.2, 0.25) is 0 Å². The molecule has 0 amide bonds. The molecule has 1 rings (SSSR count). The summed E-state index contributed by atoms with van der Waals surface area (Å²) in [5, 5.41) is 0. The highest BCUT2D eigenvalue weighted by Crippen LogP contribution is 2.33. The second-order valence-electron chi connectivity index (χ2n) is 3.35. The van der Waals surface area contributed by atoms with Crippen molar-refractivity contribution in [2.45, 2.75) is 38.0 Å². The van der Waals surface area contributed by atoms with E-state index in [0.717, 1.165) is 6.08 Å². The first-order valence-electron chi connectivity index (χ1n) is 4.67. The van der Waals surface area contributed by atoms with Gasteiger partial charge in [0.1, 0.15) is 11.6 Å². The van der Waals surface area contributed by atoms with Gasteiger partial charge < -0.3 is 4.74 Å². The van der Waals surface area contributed by atoms with Crippen LogP contribution in [0.2, 0.25) is 0 Å². The lowest BCUT2D eigenvalue weighted by Gasteiger charge is -2.21. The highest BCUT2D eigenvalue weighted by atomic mass is 19.4. The molecule has 0 spiro atoms. The minimum absolute atomic E-state index is 0.154. The number of rotatable bonds is 4. The quantitative estimate of drug-likeness (QED) is 0.520. The summed E-state index contributed by atoms with van der Waals surface area (Å²) >= 11 is 0. The van der Waals surface area contributed by atoms with E-state index < -0.39 is 18.1 Å². The van der Waals surface area contributed by atoms with E-state index in [0.29, 0.717) is 6.42 Å². The lowest BCUT2D eigenvalue weighted by atomic mass is 10.2. The number of alkyl halides is 3. The van der Waals surface area contributed by atoms with Gasteiger partial charge in [0.25, 0.3) is 0 Å². The van der Waals surface area contributed by atoms with Crippen LogP contribution in [0, 0.1) is 0 Å². The number of allylic oxidation sites excluding steroid dienone is 2. The van der Waals surface area contributed by atoms with E-state index in [1.165, 1.54) is 0 Å². The Morgan fingerprint density at radius 3 is 2.47 bits per heavy atom. The van der Waals surface area contributed by atoms with Crippen molar-refractivity contribution in [3.8, 4) is 0 Å². The summed E-state index contributed by atoms with van der Waals surface area (Å²) in [6.45, 7) is 3.22. The molecular weight excluding hydrogens is 212 g/mol. The Labute approximate surface area is 85.4 Å². The first-order valence-corrected chi connectivity index (χ1v) is 4.67. The molecule has 5 heteroatoms. The van der Waals surface area contributed by atoms with Crippen molar-refractivity contribution in [1.29, 1.82) is 0 Å². The molecule has 1 aliphatic carbocycles. The average Bonchev–Trinajstić information content (AvgIpc) is 2.49. The van der Waals surface area contributed by atoms with Crippen LogP contribution in [-0.2, 0) is 4.74 Å². The zero-order chi connectivity index (χ0) is 11.5. The van der Waals surface area contributed by atoms with E-state index in [2.05, 4.69) is 11.3 Å². The van der Waals surface area contributed by atoms with Gasteiger partial charge in [0.15, 0.2) is 6.10 Å². The van der Waals surface area contributed by atoms with E-state index in [4.69, 9.17) is 0 Å². The number of hydrogen-bond acceptors (Lipinski definition) is 1. The fourth-order valence-corrected chi connectivity index (χ4v) is 1.37. The molecule has 0 aromatic rings. The van der Waals surface area contributed by atoms with Gasteiger partial charge >= 0.3 is 6.18 Å². The minimum atomic E-state index is -4.48. The molecule has 0 bridgehead atoms. The predicted molar refractivity (Wildman–Crippen MR) is 47.7 cm³/mol. The average molecular weight is 224 g/mol. The monoisotopic (exact) mass is 224 g/mol. The molecule has 0 heterocycles. The van der Waals surface area contributed by atoms with Crippen molar-refractivity contribution < 1.29 is 22.3 Å². The lowest BCUT2D eigenvalue weighted by molar-refractivity contribution is -0.209. The van der Waals surface area contributed by atoms with Gasteiger partial charge in [-0.3, -0.25) is 0 Å². The molecule has 0 aromatic carbocycles. The van der Waals surface area contributed by atoms with Crippen molar-refractivity contribution in [2.24, 2.45) is 0 Å². The third-order valence-electron chi connectivity index (χ3n) is 2.13. The van der Waals surface area contributed by atoms with Crippen LogP contribution in [0.5, 0.6) is 0 Å². The second kappa shape index (κ2) is 4.68. The Morgan fingerprint density at radius 2 is 2.07 bits per heavy atom. The van der Waals surface area contributed by atoms with Crippen LogP contribution < -0.4 is 0 Å². The molecule has 0 fully saturated rings. The lowest BCUT2D eigenvalue weighted by Crippen LogP contribution is -2.30. The van der Waals surface area contributed by atoms with Crippen LogP contribution in [-0.4, -0.2) is 12.3 Å². The first kappa shape index (κ1) is 12.1. The van der Waals surface area contributed by atoms with Crippen molar-refractivity contribution in [3.05, 3.63) is 24.2 Å². The Balaban J connectivity index is 2.66.